The van der Waals surface area contributed by atoms with Gasteiger partial charge in [-0.1, -0.05) is 42.2 Å². The predicted octanol–water partition coefficient (Wildman–Crippen LogP) is 5.00. The van der Waals surface area contributed by atoms with Crippen LogP contribution in [0, 0.1) is 13.8 Å². The zero-order chi connectivity index (χ0) is 22.2. The molecule has 31 heavy (non-hydrogen) atoms. The molecule has 1 saturated heterocycles. The van der Waals surface area contributed by atoms with Crippen LogP contribution in [0.4, 0.5) is 0 Å². The van der Waals surface area contributed by atoms with Gasteiger partial charge >= 0.3 is 0 Å². The maximum Gasteiger partial charge on any atom is 0.266 e. The third-order valence-corrected chi connectivity index (χ3v) is 6.22. The fourth-order valence-corrected chi connectivity index (χ4v) is 4.31. The van der Waals surface area contributed by atoms with Crippen molar-refractivity contribution in [1.29, 1.82) is 0 Å². The van der Waals surface area contributed by atoms with E-state index < -0.39 is 0 Å². The monoisotopic (exact) mass is 457 g/mol. The van der Waals surface area contributed by atoms with Crippen molar-refractivity contribution in [1.82, 2.24) is 4.90 Å². The summed E-state index contributed by atoms with van der Waals surface area (Å²) in [5.41, 5.74) is 3.40. The first-order valence-corrected chi connectivity index (χ1v) is 11.5. The van der Waals surface area contributed by atoms with E-state index >= 15 is 0 Å². The molecule has 0 saturated carbocycles. The van der Waals surface area contributed by atoms with Crippen LogP contribution in [0.25, 0.3) is 6.08 Å². The summed E-state index contributed by atoms with van der Waals surface area (Å²) in [4.78, 5) is 14.5. The summed E-state index contributed by atoms with van der Waals surface area (Å²) in [7, 11) is 0. The van der Waals surface area contributed by atoms with Gasteiger partial charge in [0.2, 0.25) is 0 Å². The van der Waals surface area contributed by atoms with E-state index in [0.717, 1.165) is 17.1 Å². The molecule has 164 valence electrons. The van der Waals surface area contributed by atoms with E-state index in [4.69, 9.17) is 26.4 Å². The Labute approximate surface area is 193 Å². The first-order chi connectivity index (χ1) is 15.0. The van der Waals surface area contributed by atoms with Crippen LogP contribution in [0.15, 0.2) is 47.4 Å². The van der Waals surface area contributed by atoms with Gasteiger partial charge in [-0.25, -0.2) is 0 Å². The van der Waals surface area contributed by atoms with Crippen LogP contribution in [-0.4, -0.2) is 48.1 Å². The molecule has 0 spiro atoms. The van der Waals surface area contributed by atoms with Crippen molar-refractivity contribution in [2.75, 3.05) is 33.0 Å². The molecule has 0 radical (unpaired) electrons. The Kier molecular flexibility index (Phi) is 8.51. The quantitative estimate of drug-likeness (QED) is 0.284. The summed E-state index contributed by atoms with van der Waals surface area (Å²) in [6, 6.07) is 13.7. The molecule has 1 aliphatic rings. The van der Waals surface area contributed by atoms with Crippen molar-refractivity contribution >= 4 is 40.3 Å². The molecule has 1 aliphatic heterocycles. The van der Waals surface area contributed by atoms with E-state index in [9.17, 15) is 4.79 Å². The average Bonchev–Trinajstić information content (AvgIpc) is 3.03. The number of benzene rings is 2. The Hall–Kier alpha value is -2.35. The van der Waals surface area contributed by atoms with Gasteiger partial charge in [0.05, 0.1) is 18.1 Å². The number of thiocarbonyl (C=S) groups is 1. The molecule has 5 nitrogen and oxygen atoms in total. The number of hydrogen-bond donors (Lipinski definition) is 0. The van der Waals surface area contributed by atoms with Crippen molar-refractivity contribution in [2.45, 2.75) is 20.8 Å². The van der Waals surface area contributed by atoms with Gasteiger partial charge in [-0.15, -0.1) is 0 Å². The molecule has 0 bridgehead atoms. The van der Waals surface area contributed by atoms with Crippen LogP contribution in [0.1, 0.15) is 23.6 Å². The second kappa shape index (κ2) is 11.3. The van der Waals surface area contributed by atoms with E-state index in [-0.39, 0.29) is 5.91 Å². The number of nitrogens with zero attached hydrogens (tertiary/aromatic N) is 1. The summed E-state index contributed by atoms with van der Waals surface area (Å²) in [6.45, 7) is 8.61. The summed E-state index contributed by atoms with van der Waals surface area (Å²) < 4.78 is 17.6. The lowest BCUT2D eigenvalue weighted by molar-refractivity contribution is -0.121. The number of thioether (sulfide) groups is 1. The Balaban J connectivity index is 1.35. The SMILES string of the molecule is CCN1C(=O)/C(=C/c2ccc(OCCOCCOc3ccc(C)c(C)c3)cc2)SC1=S. The normalized spacial score (nSPS) is 15.1. The van der Waals surface area contributed by atoms with Gasteiger partial charge in [0.1, 0.15) is 29.0 Å². The lowest BCUT2D eigenvalue weighted by Gasteiger charge is -2.10. The van der Waals surface area contributed by atoms with Crippen molar-refractivity contribution in [3.05, 3.63) is 64.1 Å². The number of carbonyl (C=O) groups is 1. The number of aryl methyl sites for hydroxylation is 2. The van der Waals surface area contributed by atoms with Gasteiger partial charge in [0.25, 0.3) is 5.91 Å². The smallest absolute Gasteiger partial charge is 0.266 e. The minimum atomic E-state index is -0.0310. The number of ether oxygens (including phenoxy) is 3. The predicted molar refractivity (Wildman–Crippen MR) is 130 cm³/mol. The van der Waals surface area contributed by atoms with Crippen LogP contribution in [0.2, 0.25) is 0 Å². The number of carbonyl (C=O) groups excluding carboxylic acids is 1. The van der Waals surface area contributed by atoms with Crippen LogP contribution in [0.3, 0.4) is 0 Å². The molecular weight excluding hydrogens is 430 g/mol. The highest BCUT2D eigenvalue weighted by atomic mass is 32.2. The number of likely N-dealkylation sites (N-methyl/N-ethyl adjacent to an activating group) is 1. The standard InChI is InChI=1S/C24H27NO4S2/c1-4-25-23(26)22(31-24(25)30)16-19-6-9-20(10-7-19)28-13-11-27-12-14-29-21-8-5-17(2)18(3)15-21/h5-10,15-16H,4,11-14H2,1-3H3/b22-16-. The first kappa shape index (κ1) is 23.3. The van der Waals surface area contributed by atoms with E-state index in [1.54, 1.807) is 4.90 Å². The zero-order valence-electron chi connectivity index (χ0n) is 18.1. The summed E-state index contributed by atoms with van der Waals surface area (Å²) >= 11 is 6.58. The third-order valence-electron chi connectivity index (χ3n) is 4.84. The fraction of sp³-hybridized carbons (Fsp3) is 0.333. The average molecular weight is 458 g/mol. The molecule has 0 N–H and O–H groups in total. The molecule has 0 unspecified atom stereocenters. The van der Waals surface area contributed by atoms with Gasteiger partial charge in [-0.2, -0.15) is 0 Å². The molecule has 1 fully saturated rings. The summed E-state index contributed by atoms with van der Waals surface area (Å²) in [5.74, 6) is 1.59. The highest BCUT2D eigenvalue weighted by Gasteiger charge is 2.30. The lowest BCUT2D eigenvalue weighted by atomic mass is 10.1. The van der Waals surface area contributed by atoms with Crippen LogP contribution in [0.5, 0.6) is 11.5 Å². The molecule has 7 heteroatoms. The van der Waals surface area contributed by atoms with Crippen molar-refractivity contribution in [2.24, 2.45) is 0 Å². The Morgan fingerprint density at radius 3 is 2.19 bits per heavy atom. The number of hydrogen-bond acceptors (Lipinski definition) is 6. The molecular formula is C24H27NO4S2. The van der Waals surface area contributed by atoms with Gasteiger partial charge in [-0.3, -0.25) is 9.69 Å². The van der Waals surface area contributed by atoms with Crippen LogP contribution in [-0.2, 0) is 9.53 Å². The number of rotatable bonds is 10. The van der Waals surface area contributed by atoms with Crippen LogP contribution < -0.4 is 9.47 Å². The molecule has 0 atom stereocenters. The van der Waals surface area contributed by atoms with Gasteiger partial charge in [0.15, 0.2) is 0 Å². The zero-order valence-corrected chi connectivity index (χ0v) is 19.7. The Bertz CT molecular complexity index is 957. The van der Waals surface area contributed by atoms with Crippen molar-refractivity contribution in [3.8, 4) is 11.5 Å². The van der Waals surface area contributed by atoms with E-state index in [1.807, 2.05) is 49.4 Å². The lowest BCUT2D eigenvalue weighted by Crippen LogP contribution is -2.27. The van der Waals surface area contributed by atoms with E-state index in [2.05, 4.69) is 19.9 Å². The molecule has 0 aromatic heterocycles. The first-order valence-electron chi connectivity index (χ1n) is 10.2. The van der Waals surface area contributed by atoms with E-state index in [1.165, 1.54) is 22.9 Å². The molecule has 3 rings (SSSR count). The highest BCUT2D eigenvalue weighted by molar-refractivity contribution is 8.26. The largest absolute Gasteiger partial charge is 0.491 e. The minimum Gasteiger partial charge on any atom is -0.491 e. The van der Waals surface area contributed by atoms with Gasteiger partial charge < -0.3 is 14.2 Å². The van der Waals surface area contributed by atoms with Crippen molar-refractivity contribution < 1.29 is 19.0 Å². The summed E-state index contributed by atoms with van der Waals surface area (Å²) in [5, 5.41) is 0. The topological polar surface area (TPSA) is 48.0 Å². The Morgan fingerprint density at radius 1 is 0.935 bits per heavy atom. The second-order valence-corrected chi connectivity index (χ2v) is 8.73. The summed E-state index contributed by atoms with van der Waals surface area (Å²) in [6.07, 6.45) is 1.86. The molecule has 2 aromatic rings. The minimum absolute atomic E-state index is 0.0310. The van der Waals surface area contributed by atoms with Crippen molar-refractivity contribution in [3.63, 3.8) is 0 Å². The maximum absolute atomic E-state index is 12.3. The highest BCUT2D eigenvalue weighted by Crippen LogP contribution is 2.32. The Morgan fingerprint density at radius 2 is 1.58 bits per heavy atom. The van der Waals surface area contributed by atoms with E-state index in [0.29, 0.717) is 42.2 Å². The molecule has 1 amide bonds. The van der Waals surface area contributed by atoms with Crippen LogP contribution >= 0.6 is 24.0 Å². The molecule has 0 aliphatic carbocycles. The maximum atomic E-state index is 12.3. The van der Waals surface area contributed by atoms with Gasteiger partial charge in [-0.05, 0) is 67.8 Å². The molecule has 2 aromatic carbocycles. The second-order valence-electron chi connectivity index (χ2n) is 7.05. The number of amides is 1. The molecule has 1 heterocycles. The third kappa shape index (κ3) is 6.56. The fourth-order valence-electron chi connectivity index (χ4n) is 2.93. The van der Waals surface area contributed by atoms with Gasteiger partial charge in [0, 0.05) is 6.54 Å².